The van der Waals surface area contributed by atoms with Gasteiger partial charge in [0, 0.05) is 56.4 Å². The first kappa shape index (κ1) is 18.9. The van der Waals surface area contributed by atoms with Gasteiger partial charge in [0.05, 0.1) is 17.4 Å². The van der Waals surface area contributed by atoms with Crippen LogP contribution in [0.4, 0.5) is 5.95 Å². The summed E-state index contributed by atoms with van der Waals surface area (Å²) in [6.45, 7) is 13.6. The quantitative estimate of drug-likeness (QED) is 0.700. The molecule has 1 aliphatic heterocycles. The fraction of sp³-hybridized carbons (Fsp3) is 0.500. The highest BCUT2D eigenvalue weighted by Gasteiger charge is 2.19. The summed E-state index contributed by atoms with van der Waals surface area (Å²) in [5.41, 5.74) is 7.27. The zero-order valence-corrected chi connectivity index (χ0v) is 17.7. The van der Waals surface area contributed by atoms with Crippen LogP contribution in [0.5, 0.6) is 0 Å². The molecule has 1 aromatic carbocycles. The molecule has 0 atom stereocenters. The molecule has 0 amide bonds. The van der Waals surface area contributed by atoms with Crippen molar-refractivity contribution in [1.29, 1.82) is 0 Å². The number of aromatic nitrogens is 4. The van der Waals surface area contributed by atoms with E-state index in [-0.39, 0.29) is 0 Å². The van der Waals surface area contributed by atoms with E-state index in [0.29, 0.717) is 0 Å². The Morgan fingerprint density at radius 3 is 2.46 bits per heavy atom. The smallest absolute Gasteiger partial charge is 0.226 e. The van der Waals surface area contributed by atoms with E-state index in [9.17, 15) is 0 Å². The van der Waals surface area contributed by atoms with Crippen molar-refractivity contribution >= 4 is 16.9 Å². The van der Waals surface area contributed by atoms with Gasteiger partial charge in [-0.05, 0) is 57.4 Å². The lowest BCUT2D eigenvalue weighted by atomic mass is 10.1. The van der Waals surface area contributed by atoms with Gasteiger partial charge in [0.15, 0.2) is 0 Å². The Morgan fingerprint density at radius 1 is 0.929 bits per heavy atom. The van der Waals surface area contributed by atoms with Gasteiger partial charge in [0.25, 0.3) is 0 Å². The van der Waals surface area contributed by atoms with Crippen LogP contribution in [0.2, 0.25) is 0 Å². The predicted molar refractivity (Wildman–Crippen MR) is 114 cm³/mol. The Morgan fingerprint density at radius 2 is 1.71 bits per heavy atom. The topological polar surface area (TPSA) is 50.1 Å². The van der Waals surface area contributed by atoms with Gasteiger partial charge >= 0.3 is 0 Å². The summed E-state index contributed by atoms with van der Waals surface area (Å²) in [7, 11) is 2.01. The summed E-state index contributed by atoms with van der Waals surface area (Å²) in [4.78, 5) is 14.6. The SMILES string of the molecule is Cc1cc2nc(N3CCCN(Cc4cnn(C)c4C)CC3)nc(C)c2cc1C. The van der Waals surface area contributed by atoms with Crippen molar-refractivity contribution < 1.29 is 0 Å². The molecule has 0 unspecified atom stereocenters. The second-order valence-corrected chi connectivity index (χ2v) is 8.06. The fourth-order valence-corrected chi connectivity index (χ4v) is 3.94. The maximum atomic E-state index is 4.91. The first-order chi connectivity index (χ1) is 13.4. The van der Waals surface area contributed by atoms with Crippen molar-refractivity contribution in [3.63, 3.8) is 0 Å². The highest BCUT2D eigenvalue weighted by Crippen LogP contribution is 2.23. The maximum Gasteiger partial charge on any atom is 0.226 e. The summed E-state index contributed by atoms with van der Waals surface area (Å²) >= 11 is 0. The third kappa shape index (κ3) is 3.61. The molecule has 0 bridgehead atoms. The Hall–Kier alpha value is -2.47. The molecular formula is C22H30N6. The molecule has 1 saturated heterocycles. The van der Waals surface area contributed by atoms with Gasteiger partial charge in [0.1, 0.15) is 0 Å². The van der Waals surface area contributed by atoms with Crippen molar-refractivity contribution in [2.24, 2.45) is 7.05 Å². The van der Waals surface area contributed by atoms with Crippen molar-refractivity contribution in [3.8, 4) is 0 Å². The van der Waals surface area contributed by atoms with Gasteiger partial charge in [-0.15, -0.1) is 0 Å². The van der Waals surface area contributed by atoms with Crippen LogP contribution in [0.15, 0.2) is 18.3 Å². The molecule has 0 spiro atoms. The van der Waals surface area contributed by atoms with Gasteiger partial charge in [-0.25, -0.2) is 9.97 Å². The van der Waals surface area contributed by atoms with E-state index in [1.165, 1.54) is 22.4 Å². The molecule has 2 aromatic heterocycles. The third-order valence-electron chi connectivity index (χ3n) is 6.09. The van der Waals surface area contributed by atoms with Gasteiger partial charge in [-0.3, -0.25) is 9.58 Å². The number of nitrogens with zero attached hydrogens (tertiary/aromatic N) is 6. The molecule has 3 heterocycles. The number of hydrogen-bond acceptors (Lipinski definition) is 5. The van der Waals surface area contributed by atoms with E-state index in [4.69, 9.17) is 9.97 Å². The van der Waals surface area contributed by atoms with Crippen LogP contribution in [0.25, 0.3) is 10.9 Å². The Labute approximate surface area is 167 Å². The lowest BCUT2D eigenvalue weighted by Crippen LogP contribution is -2.31. The molecule has 6 heteroatoms. The zero-order valence-electron chi connectivity index (χ0n) is 17.7. The van der Waals surface area contributed by atoms with Gasteiger partial charge in [-0.2, -0.15) is 5.10 Å². The second-order valence-electron chi connectivity index (χ2n) is 8.06. The molecule has 0 radical (unpaired) electrons. The minimum atomic E-state index is 0.868. The van der Waals surface area contributed by atoms with Gasteiger partial charge in [-0.1, -0.05) is 0 Å². The molecular weight excluding hydrogens is 348 g/mol. The average Bonchev–Trinajstić information content (AvgIpc) is 2.86. The molecule has 1 fully saturated rings. The minimum absolute atomic E-state index is 0.868. The largest absolute Gasteiger partial charge is 0.339 e. The second kappa shape index (κ2) is 7.51. The zero-order chi connectivity index (χ0) is 19.8. The van der Waals surface area contributed by atoms with Crippen LogP contribution in [0, 0.1) is 27.7 Å². The summed E-state index contributed by atoms with van der Waals surface area (Å²) in [5.74, 6) is 0.868. The van der Waals surface area contributed by atoms with E-state index >= 15 is 0 Å². The number of rotatable bonds is 3. The lowest BCUT2D eigenvalue weighted by Gasteiger charge is -2.22. The average molecular weight is 379 g/mol. The highest BCUT2D eigenvalue weighted by molar-refractivity contribution is 5.83. The number of anilines is 1. The van der Waals surface area contributed by atoms with Crippen LogP contribution in [0.3, 0.4) is 0 Å². The lowest BCUT2D eigenvalue weighted by molar-refractivity contribution is 0.284. The molecule has 1 aliphatic rings. The van der Waals surface area contributed by atoms with E-state index in [0.717, 1.165) is 61.7 Å². The first-order valence-electron chi connectivity index (χ1n) is 10.1. The fourth-order valence-electron chi connectivity index (χ4n) is 3.94. The monoisotopic (exact) mass is 378 g/mol. The number of aryl methyl sites for hydroxylation is 4. The van der Waals surface area contributed by atoms with Crippen LogP contribution in [-0.4, -0.2) is 50.8 Å². The Kier molecular flexibility index (Phi) is 5.06. The van der Waals surface area contributed by atoms with E-state index in [1.54, 1.807) is 0 Å². The summed E-state index contributed by atoms with van der Waals surface area (Å²) in [5, 5.41) is 5.54. The third-order valence-corrected chi connectivity index (χ3v) is 6.09. The van der Waals surface area contributed by atoms with E-state index in [2.05, 4.69) is 54.7 Å². The molecule has 6 nitrogen and oxygen atoms in total. The predicted octanol–water partition coefficient (Wildman–Crippen LogP) is 3.31. The minimum Gasteiger partial charge on any atom is -0.339 e. The molecule has 148 valence electrons. The van der Waals surface area contributed by atoms with Crippen molar-refractivity contribution in [3.05, 3.63) is 46.4 Å². The molecule has 3 aromatic rings. The molecule has 0 aliphatic carbocycles. The van der Waals surface area contributed by atoms with Crippen LogP contribution in [-0.2, 0) is 13.6 Å². The van der Waals surface area contributed by atoms with Crippen molar-refractivity contribution in [1.82, 2.24) is 24.6 Å². The highest BCUT2D eigenvalue weighted by atomic mass is 15.3. The van der Waals surface area contributed by atoms with E-state index in [1.807, 2.05) is 17.9 Å². The Balaban J connectivity index is 1.52. The van der Waals surface area contributed by atoms with Crippen LogP contribution in [0.1, 0.15) is 34.5 Å². The number of hydrogen-bond donors (Lipinski definition) is 0. The molecule has 4 rings (SSSR count). The normalized spacial score (nSPS) is 16.0. The van der Waals surface area contributed by atoms with Gasteiger partial charge < -0.3 is 4.90 Å². The summed E-state index contributed by atoms with van der Waals surface area (Å²) in [6.07, 6.45) is 3.12. The summed E-state index contributed by atoms with van der Waals surface area (Å²) in [6, 6.07) is 4.41. The molecule has 28 heavy (non-hydrogen) atoms. The Bertz CT molecular complexity index is 1010. The first-order valence-corrected chi connectivity index (χ1v) is 10.1. The number of benzene rings is 1. The van der Waals surface area contributed by atoms with Crippen LogP contribution >= 0.6 is 0 Å². The van der Waals surface area contributed by atoms with E-state index < -0.39 is 0 Å². The number of fused-ring (bicyclic) bond motifs is 1. The maximum absolute atomic E-state index is 4.91. The van der Waals surface area contributed by atoms with Crippen molar-refractivity contribution in [2.45, 2.75) is 40.7 Å². The van der Waals surface area contributed by atoms with Crippen LogP contribution < -0.4 is 4.90 Å². The van der Waals surface area contributed by atoms with Crippen molar-refractivity contribution in [2.75, 3.05) is 31.1 Å². The standard InChI is InChI=1S/C22H30N6/c1-15-11-20-17(3)24-22(25-21(20)12-16(15)2)28-8-6-7-27(9-10-28)14-19-13-23-26(5)18(19)4/h11-13H,6-10,14H2,1-5H3. The van der Waals surface area contributed by atoms with Gasteiger partial charge in [0.2, 0.25) is 5.95 Å². The molecule has 0 N–H and O–H groups in total. The summed E-state index contributed by atoms with van der Waals surface area (Å²) < 4.78 is 1.95. The molecule has 0 saturated carbocycles.